The van der Waals surface area contributed by atoms with E-state index in [1.807, 2.05) is 0 Å². The molecule has 0 saturated carbocycles. The first kappa shape index (κ1) is 11.3. The average molecular weight is 232 g/mol. The molecule has 1 aromatic rings. The number of aryl methyl sites for hydroxylation is 1. The van der Waals surface area contributed by atoms with Gasteiger partial charge in [0.05, 0.1) is 0 Å². The van der Waals surface area contributed by atoms with E-state index in [-0.39, 0.29) is 24.2 Å². The molecule has 0 aliphatic heterocycles. The Labute approximate surface area is 90.7 Å². The predicted octanol–water partition coefficient (Wildman–Crippen LogP) is 2.74. The van der Waals surface area contributed by atoms with E-state index in [1.54, 1.807) is 6.07 Å². The highest BCUT2D eigenvalue weighted by Crippen LogP contribution is 2.53. The largest absolute Gasteiger partial charge is 0.508 e. The van der Waals surface area contributed by atoms with Crippen LogP contribution < -0.4 is 0 Å². The third kappa shape index (κ3) is 1.31. The number of phenols is 1. The lowest BCUT2D eigenvalue weighted by Gasteiger charge is -2.31. The first-order valence-corrected chi connectivity index (χ1v) is 4.85. The second-order valence-corrected chi connectivity index (χ2v) is 3.84. The number of halogens is 3. The lowest BCUT2D eigenvalue weighted by molar-refractivity contribution is -0.276. The molecule has 1 atom stereocenters. The Morgan fingerprint density at radius 3 is 2.62 bits per heavy atom. The van der Waals surface area contributed by atoms with Gasteiger partial charge in [-0.05, 0) is 24.5 Å². The molecule has 0 radical (unpaired) electrons. The minimum absolute atomic E-state index is 0.134. The summed E-state index contributed by atoms with van der Waals surface area (Å²) in [5.74, 6) is -0.353. The van der Waals surface area contributed by atoms with Crippen LogP contribution in [0.2, 0.25) is 0 Å². The van der Waals surface area contributed by atoms with Crippen molar-refractivity contribution in [3.63, 3.8) is 0 Å². The molecule has 2 rings (SSSR count). The van der Waals surface area contributed by atoms with Crippen molar-refractivity contribution in [3.05, 3.63) is 29.3 Å². The van der Waals surface area contributed by atoms with E-state index in [0.29, 0.717) is 5.56 Å². The summed E-state index contributed by atoms with van der Waals surface area (Å²) >= 11 is 0. The van der Waals surface area contributed by atoms with Crippen molar-refractivity contribution in [2.45, 2.75) is 24.6 Å². The zero-order valence-electron chi connectivity index (χ0n) is 8.64. The first-order valence-electron chi connectivity index (χ1n) is 4.85. The van der Waals surface area contributed by atoms with Gasteiger partial charge in [-0.15, -0.1) is 0 Å². The monoisotopic (exact) mass is 232 g/mol. The summed E-state index contributed by atoms with van der Waals surface area (Å²) in [6, 6.07) is 4.38. The first-order chi connectivity index (χ1) is 7.42. The molecule has 0 bridgehead atoms. The minimum atomic E-state index is -4.52. The summed E-state index contributed by atoms with van der Waals surface area (Å²) in [6.07, 6.45) is -4.44. The van der Waals surface area contributed by atoms with Crippen LogP contribution in [-0.2, 0) is 16.8 Å². The lowest BCUT2D eigenvalue weighted by Crippen LogP contribution is -2.42. The molecule has 0 saturated heterocycles. The van der Waals surface area contributed by atoms with Crippen LogP contribution in [0, 0.1) is 0 Å². The Morgan fingerprint density at radius 2 is 2.06 bits per heavy atom. The van der Waals surface area contributed by atoms with Gasteiger partial charge in [-0.2, -0.15) is 13.2 Å². The number of benzene rings is 1. The van der Waals surface area contributed by atoms with Crippen molar-refractivity contribution < 1.29 is 23.0 Å². The number of alkyl halides is 3. The highest BCUT2D eigenvalue weighted by molar-refractivity contribution is 5.48. The highest BCUT2D eigenvalue weighted by Gasteiger charge is 2.60. The minimum Gasteiger partial charge on any atom is -0.508 e. The molecule has 5 heteroatoms. The van der Waals surface area contributed by atoms with Gasteiger partial charge in [0.1, 0.15) is 5.75 Å². The Morgan fingerprint density at radius 1 is 1.38 bits per heavy atom. The van der Waals surface area contributed by atoms with Gasteiger partial charge < -0.3 is 9.84 Å². The molecule has 2 nitrogen and oxygen atoms in total. The lowest BCUT2D eigenvalue weighted by atomic mass is 9.94. The van der Waals surface area contributed by atoms with Crippen molar-refractivity contribution in [2.24, 2.45) is 0 Å². The normalized spacial score (nSPS) is 24.5. The van der Waals surface area contributed by atoms with Gasteiger partial charge in [0.2, 0.25) is 0 Å². The molecule has 0 spiro atoms. The Kier molecular flexibility index (Phi) is 2.38. The van der Waals surface area contributed by atoms with Crippen molar-refractivity contribution >= 4 is 0 Å². The fourth-order valence-electron chi connectivity index (χ4n) is 2.30. The number of fused-ring (bicyclic) bond motifs is 1. The van der Waals surface area contributed by atoms with Crippen LogP contribution >= 0.6 is 0 Å². The SMILES string of the molecule is COC1(C(F)(F)F)CCc2cccc(O)c21. The van der Waals surface area contributed by atoms with Gasteiger partial charge >= 0.3 is 6.18 Å². The van der Waals surface area contributed by atoms with Crippen LogP contribution in [0.15, 0.2) is 18.2 Å². The van der Waals surface area contributed by atoms with E-state index in [4.69, 9.17) is 0 Å². The highest BCUT2D eigenvalue weighted by atomic mass is 19.4. The van der Waals surface area contributed by atoms with E-state index in [2.05, 4.69) is 4.74 Å². The molecule has 1 aliphatic rings. The molecular formula is C11H11F3O2. The number of hydrogen-bond donors (Lipinski definition) is 1. The van der Waals surface area contributed by atoms with Crippen LogP contribution in [0.3, 0.4) is 0 Å². The van der Waals surface area contributed by atoms with Crippen molar-refractivity contribution in [1.29, 1.82) is 0 Å². The zero-order valence-corrected chi connectivity index (χ0v) is 8.64. The maximum Gasteiger partial charge on any atom is 0.421 e. The molecule has 88 valence electrons. The van der Waals surface area contributed by atoms with Gasteiger partial charge in [-0.1, -0.05) is 12.1 Å². The molecular weight excluding hydrogens is 221 g/mol. The molecule has 0 amide bonds. The average Bonchev–Trinajstić information content (AvgIpc) is 2.58. The number of aromatic hydroxyl groups is 1. The summed E-state index contributed by atoms with van der Waals surface area (Å²) in [4.78, 5) is 0. The Hall–Kier alpha value is -1.23. The van der Waals surface area contributed by atoms with E-state index in [9.17, 15) is 18.3 Å². The number of methoxy groups -OCH3 is 1. The number of hydrogen-bond acceptors (Lipinski definition) is 2. The van der Waals surface area contributed by atoms with Crippen molar-refractivity contribution in [1.82, 2.24) is 0 Å². The summed E-state index contributed by atoms with van der Waals surface area (Å²) in [7, 11) is 1.02. The summed E-state index contributed by atoms with van der Waals surface area (Å²) in [5.41, 5.74) is -1.99. The third-order valence-electron chi connectivity index (χ3n) is 3.09. The van der Waals surface area contributed by atoms with E-state index in [0.717, 1.165) is 7.11 Å². The number of ether oxygens (including phenoxy) is 1. The van der Waals surface area contributed by atoms with Crippen molar-refractivity contribution in [2.75, 3.05) is 7.11 Å². The molecule has 16 heavy (non-hydrogen) atoms. The zero-order chi connectivity index (χ0) is 12.0. The van der Waals surface area contributed by atoms with Crippen molar-refractivity contribution in [3.8, 4) is 5.75 Å². The quantitative estimate of drug-likeness (QED) is 0.806. The fraction of sp³-hybridized carbons (Fsp3) is 0.455. The molecule has 0 aromatic heterocycles. The maximum absolute atomic E-state index is 13.0. The molecule has 1 aliphatic carbocycles. The van der Waals surface area contributed by atoms with Crippen LogP contribution in [-0.4, -0.2) is 18.4 Å². The van der Waals surface area contributed by atoms with Crippen LogP contribution in [0.25, 0.3) is 0 Å². The predicted molar refractivity (Wildman–Crippen MR) is 51.2 cm³/mol. The van der Waals surface area contributed by atoms with Gasteiger partial charge in [0, 0.05) is 12.7 Å². The van der Waals surface area contributed by atoms with Gasteiger partial charge in [-0.25, -0.2) is 0 Å². The van der Waals surface area contributed by atoms with Gasteiger partial charge in [0.25, 0.3) is 0 Å². The Balaban J connectivity index is 2.64. The second-order valence-electron chi connectivity index (χ2n) is 3.84. The van der Waals surface area contributed by atoms with Crippen LogP contribution in [0.1, 0.15) is 17.5 Å². The smallest absolute Gasteiger partial charge is 0.421 e. The van der Waals surface area contributed by atoms with E-state index < -0.39 is 11.8 Å². The molecule has 1 N–H and O–H groups in total. The van der Waals surface area contributed by atoms with E-state index >= 15 is 0 Å². The van der Waals surface area contributed by atoms with E-state index in [1.165, 1.54) is 12.1 Å². The molecule has 0 fully saturated rings. The van der Waals surface area contributed by atoms with Crippen LogP contribution in [0.4, 0.5) is 13.2 Å². The summed E-state index contributed by atoms with van der Waals surface area (Å²) < 4.78 is 43.8. The maximum atomic E-state index is 13.0. The molecule has 1 aromatic carbocycles. The standard InChI is InChI=1S/C11H11F3O2/c1-16-10(11(12,13)14)6-5-7-3-2-4-8(15)9(7)10/h2-4,15H,5-6H2,1H3. The second kappa shape index (κ2) is 3.38. The van der Waals surface area contributed by atoms with Gasteiger partial charge in [0.15, 0.2) is 5.60 Å². The van der Waals surface area contributed by atoms with Crippen LogP contribution in [0.5, 0.6) is 5.75 Å². The van der Waals surface area contributed by atoms with Gasteiger partial charge in [-0.3, -0.25) is 0 Å². The summed E-state index contributed by atoms with van der Waals surface area (Å²) in [5, 5.41) is 9.58. The topological polar surface area (TPSA) is 29.5 Å². The Bertz CT molecular complexity index is 414. The number of rotatable bonds is 1. The summed E-state index contributed by atoms with van der Waals surface area (Å²) in [6.45, 7) is 0. The third-order valence-corrected chi connectivity index (χ3v) is 3.09. The molecule has 1 unspecified atom stereocenters. The fourth-order valence-corrected chi connectivity index (χ4v) is 2.30. The number of phenolic OH excluding ortho intramolecular Hbond substituents is 1. The molecule has 0 heterocycles.